The average molecular weight is 186 g/mol. The molecule has 3 nitrogen and oxygen atoms in total. The molecule has 0 amide bonds. The van der Waals surface area contributed by atoms with Gasteiger partial charge in [0.15, 0.2) is 5.75 Å². The van der Waals surface area contributed by atoms with Gasteiger partial charge >= 0.3 is 0 Å². The van der Waals surface area contributed by atoms with Crippen LogP contribution < -0.4 is 10.5 Å². The Balaban J connectivity index is 3.18. The summed E-state index contributed by atoms with van der Waals surface area (Å²) in [6, 6.07) is 3.22. The Bertz CT molecular complexity index is 289. The summed E-state index contributed by atoms with van der Waals surface area (Å²) in [5.41, 5.74) is 6.79. The minimum atomic E-state index is 0.338. The number of hydrogen-bond donors (Lipinski definition) is 1. The third kappa shape index (κ3) is 1.68. The standard InChI is InChI=1S/C8H8ClNO2/c1-5-2-6(10)3-7(9)8(5)12-4-11/h2-4H,10H2,1H3. The summed E-state index contributed by atoms with van der Waals surface area (Å²) in [5.74, 6) is 0.362. The van der Waals surface area contributed by atoms with Crippen LogP contribution in [0, 0.1) is 6.92 Å². The third-order valence-corrected chi connectivity index (χ3v) is 1.70. The minimum absolute atomic E-state index is 0.338. The van der Waals surface area contributed by atoms with Crippen molar-refractivity contribution >= 4 is 23.8 Å². The molecule has 0 fully saturated rings. The monoisotopic (exact) mass is 185 g/mol. The van der Waals surface area contributed by atoms with Gasteiger partial charge in [0.05, 0.1) is 5.02 Å². The van der Waals surface area contributed by atoms with Gasteiger partial charge in [-0.05, 0) is 24.6 Å². The van der Waals surface area contributed by atoms with Gasteiger partial charge in [0.2, 0.25) is 0 Å². The molecule has 0 atom stereocenters. The highest BCUT2D eigenvalue weighted by Gasteiger charge is 2.05. The van der Waals surface area contributed by atoms with Gasteiger partial charge in [0.25, 0.3) is 6.47 Å². The second kappa shape index (κ2) is 3.45. The number of aryl methyl sites for hydroxylation is 1. The van der Waals surface area contributed by atoms with Crippen LogP contribution in [0.25, 0.3) is 0 Å². The number of carbonyl (C=O) groups is 1. The van der Waals surface area contributed by atoms with Crippen molar-refractivity contribution in [1.29, 1.82) is 0 Å². The van der Waals surface area contributed by atoms with Gasteiger partial charge in [-0.2, -0.15) is 0 Å². The summed E-state index contributed by atoms with van der Waals surface area (Å²) >= 11 is 5.75. The van der Waals surface area contributed by atoms with Crippen molar-refractivity contribution in [3.8, 4) is 5.75 Å². The molecule has 0 saturated carbocycles. The summed E-state index contributed by atoms with van der Waals surface area (Å²) in [5, 5.41) is 0.347. The lowest BCUT2D eigenvalue weighted by molar-refractivity contribution is -0.120. The van der Waals surface area contributed by atoms with Crippen molar-refractivity contribution in [1.82, 2.24) is 0 Å². The van der Waals surface area contributed by atoms with Crippen LogP contribution in [0.2, 0.25) is 5.02 Å². The van der Waals surface area contributed by atoms with Crippen LogP contribution in [0.4, 0.5) is 5.69 Å². The van der Waals surface area contributed by atoms with Crippen LogP contribution in [-0.2, 0) is 4.79 Å². The van der Waals surface area contributed by atoms with E-state index in [1.165, 1.54) is 6.07 Å². The van der Waals surface area contributed by atoms with E-state index in [9.17, 15) is 4.79 Å². The molecule has 64 valence electrons. The first-order valence-electron chi connectivity index (χ1n) is 3.31. The van der Waals surface area contributed by atoms with E-state index in [0.717, 1.165) is 5.56 Å². The molecule has 0 saturated heterocycles. The summed E-state index contributed by atoms with van der Waals surface area (Å²) in [6.07, 6.45) is 0. The lowest BCUT2D eigenvalue weighted by Gasteiger charge is -2.05. The second-order valence-corrected chi connectivity index (χ2v) is 2.77. The Morgan fingerprint density at radius 2 is 2.25 bits per heavy atom. The predicted molar refractivity (Wildman–Crippen MR) is 47.3 cm³/mol. The largest absolute Gasteiger partial charge is 0.427 e. The topological polar surface area (TPSA) is 52.3 Å². The smallest absolute Gasteiger partial charge is 0.298 e. The first-order chi connectivity index (χ1) is 5.65. The molecule has 12 heavy (non-hydrogen) atoms. The maximum absolute atomic E-state index is 10.1. The highest BCUT2D eigenvalue weighted by atomic mass is 35.5. The van der Waals surface area contributed by atoms with Crippen LogP contribution in [0.3, 0.4) is 0 Å². The molecule has 0 unspecified atom stereocenters. The molecule has 2 N–H and O–H groups in total. The molecule has 0 aliphatic heterocycles. The lowest BCUT2D eigenvalue weighted by atomic mass is 10.2. The van der Waals surface area contributed by atoms with E-state index < -0.39 is 0 Å². The molecule has 0 bridgehead atoms. The van der Waals surface area contributed by atoms with Crippen LogP contribution in [-0.4, -0.2) is 6.47 Å². The summed E-state index contributed by atoms with van der Waals surface area (Å²) in [7, 11) is 0. The van der Waals surface area contributed by atoms with Crippen LogP contribution in [0.5, 0.6) is 5.75 Å². The predicted octanol–water partition coefficient (Wildman–Crippen LogP) is 1.77. The molecule has 0 aliphatic carbocycles. The number of halogens is 1. The quantitative estimate of drug-likeness (QED) is 0.564. The van der Waals surface area contributed by atoms with E-state index in [4.69, 9.17) is 17.3 Å². The van der Waals surface area contributed by atoms with Crippen LogP contribution >= 0.6 is 11.6 Å². The molecule has 4 heteroatoms. The van der Waals surface area contributed by atoms with Crippen LogP contribution in [0.15, 0.2) is 12.1 Å². The maximum Gasteiger partial charge on any atom is 0.298 e. The number of nitrogens with two attached hydrogens (primary N) is 1. The molecule has 0 aromatic heterocycles. The fraction of sp³-hybridized carbons (Fsp3) is 0.125. The number of carbonyl (C=O) groups excluding carboxylic acids is 1. The molecule has 1 aromatic rings. The van der Waals surface area contributed by atoms with E-state index in [-0.39, 0.29) is 0 Å². The van der Waals surface area contributed by atoms with E-state index in [1.807, 2.05) is 0 Å². The van der Waals surface area contributed by atoms with Crippen LogP contribution in [0.1, 0.15) is 5.56 Å². The lowest BCUT2D eigenvalue weighted by Crippen LogP contribution is -1.94. The number of benzene rings is 1. The zero-order chi connectivity index (χ0) is 9.14. The number of nitrogen functional groups attached to an aromatic ring is 1. The van der Waals surface area contributed by atoms with Crippen molar-refractivity contribution in [2.45, 2.75) is 6.92 Å². The van der Waals surface area contributed by atoms with E-state index >= 15 is 0 Å². The summed E-state index contributed by atoms with van der Waals surface area (Å²) in [6.45, 7) is 2.10. The van der Waals surface area contributed by atoms with Gasteiger partial charge in [-0.1, -0.05) is 11.6 Å². The molecule has 1 aromatic carbocycles. The van der Waals surface area contributed by atoms with Crippen molar-refractivity contribution in [3.05, 3.63) is 22.7 Å². The Morgan fingerprint density at radius 3 is 2.75 bits per heavy atom. The minimum Gasteiger partial charge on any atom is -0.427 e. The SMILES string of the molecule is Cc1cc(N)cc(Cl)c1OC=O. The maximum atomic E-state index is 10.1. The number of hydrogen-bond acceptors (Lipinski definition) is 3. The van der Waals surface area contributed by atoms with Gasteiger partial charge in [-0.15, -0.1) is 0 Å². The van der Waals surface area contributed by atoms with E-state index in [1.54, 1.807) is 13.0 Å². The fourth-order valence-corrected chi connectivity index (χ4v) is 1.27. The summed E-state index contributed by atoms with van der Waals surface area (Å²) in [4.78, 5) is 10.1. The molecule has 0 aliphatic rings. The normalized spacial score (nSPS) is 9.50. The van der Waals surface area contributed by atoms with Crippen molar-refractivity contribution in [3.63, 3.8) is 0 Å². The second-order valence-electron chi connectivity index (χ2n) is 2.36. The Morgan fingerprint density at radius 1 is 1.58 bits per heavy atom. The Kier molecular flexibility index (Phi) is 2.55. The molecular weight excluding hydrogens is 178 g/mol. The third-order valence-electron chi connectivity index (χ3n) is 1.42. The highest BCUT2D eigenvalue weighted by Crippen LogP contribution is 2.30. The first kappa shape index (κ1) is 8.87. The molecule has 1 rings (SSSR count). The highest BCUT2D eigenvalue weighted by molar-refractivity contribution is 6.32. The first-order valence-corrected chi connectivity index (χ1v) is 3.69. The summed E-state index contributed by atoms with van der Waals surface area (Å²) < 4.78 is 4.65. The fourth-order valence-electron chi connectivity index (χ4n) is 0.955. The van der Waals surface area contributed by atoms with Crippen molar-refractivity contribution < 1.29 is 9.53 Å². The number of anilines is 1. The molecule has 0 radical (unpaired) electrons. The van der Waals surface area contributed by atoms with Gasteiger partial charge < -0.3 is 10.5 Å². The molecule has 0 spiro atoms. The molecular formula is C8H8ClNO2. The van der Waals surface area contributed by atoms with E-state index in [2.05, 4.69) is 4.74 Å². The number of rotatable bonds is 2. The Labute approximate surface area is 75.1 Å². The van der Waals surface area contributed by atoms with Crippen molar-refractivity contribution in [2.75, 3.05) is 5.73 Å². The molecule has 0 heterocycles. The van der Waals surface area contributed by atoms with Gasteiger partial charge in [-0.25, -0.2) is 0 Å². The zero-order valence-corrected chi connectivity index (χ0v) is 7.26. The van der Waals surface area contributed by atoms with Gasteiger partial charge in [-0.3, -0.25) is 4.79 Å². The van der Waals surface area contributed by atoms with Crippen molar-refractivity contribution in [2.24, 2.45) is 0 Å². The van der Waals surface area contributed by atoms with Gasteiger partial charge in [0, 0.05) is 5.69 Å². The average Bonchev–Trinajstić information content (AvgIpc) is 1.96. The number of ether oxygens (including phenoxy) is 1. The Hall–Kier alpha value is -1.22. The zero-order valence-electron chi connectivity index (χ0n) is 6.50. The van der Waals surface area contributed by atoms with E-state index in [0.29, 0.717) is 22.9 Å². The van der Waals surface area contributed by atoms with Gasteiger partial charge in [0.1, 0.15) is 0 Å².